The number of aliphatic hydroxyl groups is 1. The van der Waals surface area contributed by atoms with E-state index in [9.17, 15) is 13.5 Å². The number of piperidine rings is 1. The highest BCUT2D eigenvalue weighted by molar-refractivity contribution is 7.89. The summed E-state index contributed by atoms with van der Waals surface area (Å²) in [5, 5.41) is 10.9. The molecule has 0 amide bonds. The van der Waals surface area contributed by atoms with E-state index in [1.807, 2.05) is 61.5 Å². The Kier molecular flexibility index (Phi) is 9.29. The largest absolute Gasteiger partial charge is 0.497 e. The summed E-state index contributed by atoms with van der Waals surface area (Å²) in [6.07, 6.45) is 4.31. The topological polar surface area (TPSA) is 97.3 Å². The predicted octanol–water partition coefficient (Wildman–Crippen LogP) is 5.07. The number of unbranched alkanes of at least 4 members (excludes halogenated alkanes) is 1. The van der Waals surface area contributed by atoms with Gasteiger partial charge in [0.15, 0.2) is 0 Å². The number of hydrogen-bond donors (Lipinski definition) is 2. The van der Waals surface area contributed by atoms with Crippen molar-refractivity contribution in [2.24, 2.45) is 0 Å². The molecule has 2 N–H and O–H groups in total. The highest BCUT2D eigenvalue weighted by Gasteiger charge is 2.26. The zero-order valence-electron chi connectivity index (χ0n) is 23.6. The van der Waals surface area contributed by atoms with Gasteiger partial charge in [-0.2, -0.15) is 0 Å². The quantitative estimate of drug-likeness (QED) is 0.307. The van der Waals surface area contributed by atoms with Crippen LogP contribution in [-0.2, 0) is 10.0 Å². The van der Waals surface area contributed by atoms with E-state index in [0.717, 1.165) is 62.2 Å². The lowest BCUT2D eigenvalue weighted by molar-refractivity contribution is 0.198. The maximum absolute atomic E-state index is 12.7. The van der Waals surface area contributed by atoms with Crippen molar-refractivity contribution in [1.82, 2.24) is 9.62 Å². The Morgan fingerprint density at radius 2 is 1.68 bits per heavy atom. The maximum Gasteiger partial charge on any atom is 0.240 e. The number of methoxy groups -OCH3 is 1. The highest BCUT2D eigenvalue weighted by Crippen LogP contribution is 2.41. The third-order valence-corrected chi connectivity index (χ3v) is 9.22. The number of rotatable bonds is 11. The van der Waals surface area contributed by atoms with Gasteiger partial charge in [-0.3, -0.25) is 0 Å². The molecule has 2 aliphatic heterocycles. The first-order chi connectivity index (χ1) is 19.8. The van der Waals surface area contributed by atoms with Gasteiger partial charge in [0.25, 0.3) is 0 Å². The van der Waals surface area contributed by atoms with Gasteiger partial charge >= 0.3 is 0 Å². The molecule has 8 nitrogen and oxygen atoms in total. The van der Waals surface area contributed by atoms with E-state index in [1.165, 1.54) is 0 Å². The van der Waals surface area contributed by atoms with Crippen molar-refractivity contribution in [3.05, 3.63) is 89.7 Å². The van der Waals surface area contributed by atoms with Crippen LogP contribution in [0.4, 0.5) is 0 Å². The SMILES string of the molecule is COc1ccc(C2=COc3cc(OCCCCN4CCC(NS(=O)(=O)c5ccc(C)cc5)CC4)ccc3C2O)cc1. The van der Waals surface area contributed by atoms with Gasteiger partial charge in [0.2, 0.25) is 10.0 Å². The Hall–Kier alpha value is -3.37. The fourth-order valence-electron chi connectivity index (χ4n) is 5.21. The average Bonchev–Trinajstić information content (AvgIpc) is 2.98. The van der Waals surface area contributed by atoms with E-state index >= 15 is 0 Å². The molecule has 1 fully saturated rings. The molecule has 218 valence electrons. The van der Waals surface area contributed by atoms with Gasteiger partial charge in [0.05, 0.1) is 24.9 Å². The summed E-state index contributed by atoms with van der Waals surface area (Å²) >= 11 is 0. The summed E-state index contributed by atoms with van der Waals surface area (Å²) in [6.45, 7) is 5.23. The van der Waals surface area contributed by atoms with Crippen LogP contribution >= 0.6 is 0 Å². The molecule has 41 heavy (non-hydrogen) atoms. The van der Waals surface area contributed by atoms with Gasteiger partial charge in [-0.1, -0.05) is 29.8 Å². The summed E-state index contributed by atoms with van der Waals surface area (Å²) in [6, 6.07) is 20.0. The van der Waals surface area contributed by atoms with Crippen molar-refractivity contribution in [1.29, 1.82) is 0 Å². The van der Waals surface area contributed by atoms with Crippen LogP contribution in [0.5, 0.6) is 17.2 Å². The number of hydrogen-bond acceptors (Lipinski definition) is 7. The number of ether oxygens (including phenoxy) is 3. The Morgan fingerprint density at radius 1 is 0.976 bits per heavy atom. The van der Waals surface area contributed by atoms with Crippen molar-refractivity contribution >= 4 is 15.6 Å². The fraction of sp³-hybridized carbons (Fsp3) is 0.375. The molecule has 0 bridgehead atoms. The Balaban J connectivity index is 1.02. The number of nitrogens with one attached hydrogen (secondary N) is 1. The van der Waals surface area contributed by atoms with Crippen LogP contribution in [-0.4, -0.2) is 57.8 Å². The Labute approximate surface area is 242 Å². The first kappa shape index (κ1) is 29.1. The van der Waals surface area contributed by atoms with Crippen LogP contribution in [0.25, 0.3) is 5.57 Å². The summed E-state index contributed by atoms with van der Waals surface area (Å²) < 4.78 is 45.3. The van der Waals surface area contributed by atoms with E-state index in [2.05, 4.69) is 9.62 Å². The zero-order chi connectivity index (χ0) is 28.8. The van der Waals surface area contributed by atoms with Gasteiger partial charge in [-0.15, -0.1) is 0 Å². The maximum atomic E-state index is 12.7. The Bertz CT molecular complexity index is 1450. The minimum atomic E-state index is -3.49. The Morgan fingerprint density at radius 3 is 2.39 bits per heavy atom. The second-order valence-corrected chi connectivity index (χ2v) is 12.3. The molecule has 5 rings (SSSR count). The third kappa shape index (κ3) is 7.29. The number of likely N-dealkylation sites (tertiary alicyclic amines) is 1. The van der Waals surface area contributed by atoms with Crippen molar-refractivity contribution in [3.8, 4) is 17.2 Å². The molecule has 9 heteroatoms. The summed E-state index contributed by atoms with van der Waals surface area (Å²) in [4.78, 5) is 2.71. The number of nitrogens with zero attached hydrogens (tertiary/aromatic N) is 1. The molecule has 0 aliphatic carbocycles. The van der Waals surface area contributed by atoms with E-state index in [-0.39, 0.29) is 6.04 Å². The molecule has 1 saturated heterocycles. The van der Waals surface area contributed by atoms with Crippen LogP contribution in [0, 0.1) is 6.92 Å². The first-order valence-electron chi connectivity index (χ1n) is 14.1. The van der Waals surface area contributed by atoms with Crippen molar-refractivity contribution in [3.63, 3.8) is 0 Å². The lowest BCUT2D eigenvalue weighted by Gasteiger charge is -2.32. The number of benzene rings is 3. The van der Waals surface area contributed by atoms with Crippen LogP contribution in [0.2, 0.25) is 0 Å². The zero-order valence-corrected chi connectivity index (χ0v) is 24.4. The molecule has 0 saturated carbocycles. The highest BCUT2D eigenvalue weighted by atomic mass is 32.2. The lowest BCUT2D eigenvalue weighted by atomic mass is 9.94. The van der Waals surface area contributed by atoms with Crippen LogP contribution < -0.4 is 18.9 Å². The molecule has 3 aromatic rings. The summed E-state index contributed by atoms with van der Waals surface area (Å²) in [5.74, 6) is 2.05. The molecule has 1 unspecified atom stereocenters. The first-order valence-corrected chi connectivity index (χ1v) is 15.6. The number of sulfonamides is 1. The van der Waals surface area contributed by atoms with Crippen molar-refractivity contribution < 1.29 is 27.7 Å². The molecular formula is C32H38N2O6S. The molecule has 1 atom stereocenters. The van der Waals surface area contributed by atoms with Crippen LogP contribution in [0.15, 0.2) is 77.9 Å². The average molecular weight is 579 g/mol. The van der Waals surface area contributed by atoms with Crippen molar-refractivity contribution in [2.75, 3.05) is 33.4 Å². The summed E-state index contributed by atoms with van der Waals surface area (Å²) in [5.41, 5.74) is 3.31. The van der Waals surface area contributed by atoms with E-state index in [4.69, 9.17) is 14.2 Å². The third-order valence-electron chi connectivity index (χ3n) is 7.69. The minimum Gasteiger partial charge on any atom is -0.497 e. The van der Waals surface area contributed by atoms with Gasteiger partial charge in [0.1, 0.15) is 23.4 Å². The molecule has 2 heterocycles. The summed E-state index contributed by atoms with van der Waals surface area (Å²) in [7, 11) is -1.87. The second kappa shape index (κ2) is 13.1. The van der Waals surface area contributed by atoms with Gasteiger partial charge in [0, 0.05) is 23.2 Å². The predicted molar refractivity (Wildman–Crippen MR) is 159 cm³/mol. The number of aryl methyl sites for hydroxylation is 1. The number of aliphatic hydroxyl groups excluding tert-OH is 1. The van der Waals surface area contributed by atoms with Gasteiger partial charge in [-0.25, -0.2) is 13.1 Å². The molecule has 0 aromatic heterocycles. The standard InChI is InChI=1S/C32H38N2O6S/c1-23-5-12-28(13-6-23)41(36,37)33-25-15-18-34(19-16-25)17-3-4-20-39-27-11-14-29-31(21-27)40-22-30(32(29)35)24-7-9-26(38-2)10-8-24/h5-14,21-22,25,32-33,35H,3-4,15-20H2,1-2H3. The van der Waals surface area contributed by atoms with Gasteiger partial charge < -0.3 is 24.2 Å². The molecule has 0 spiro atoms. The van der Waals surface area contributed by atoms with Crippen LogP contribution in [0.3, 0.4) is 0 Å². The molecular weight excluding hydrogens is 540 g/mol. The fourth-order valence-corrected chi connectivity index (χ4v) is 6.51. The second-order valence-electron chi connectivity index (χ2n) is 10.6. The van der Waals surface area contributed by atoms with E-state index in [1.54, 1.807) is 25.5 Å². The lowest BCUT2D eigenvalue weighted by Crippen LogP contribution is -2.44. The van der Waals surface area contributed by atoms with E-state index in [0.29, 0.717) is 34.1 Å². The monoisotopic (exact) mass is 578 g/mol. The molecule has 3 aromatic carbocycles. The van der Waals surface area contributed by atoms with Gasteiger partial charge in [-0.05, 0) is 94.2 Å². The van der Waals surface area contributed by atoms with E-state index < -0.39 is 16.1 Å². The normalized spacial score (nSPS) is 17.8. The molecule has 2 aliphatic rings. The van der Waals surface area contributed by atoms with Crippen LogP contribution in [0.1, 0.15) is 48.5 Å². The molecule has 0 radical (unpaired) electrons. The number of fused-ring (bicyclic) bond motifs is 1. The van der Waals surface area contributed by atoms with Crippen molar-refractivity contribution in [2.45, 2.75) is 49.6 Å². The minimum absolute atomic E-state index is 0.0345. The smallest absolute Gasteiger partial charge is 0.240 e.